The van der Waals surface area contributed by atoms with Crippen LogP contribution in [-0.4, -0.2) is 30.5 Å². The Morgan fingerprint density at radius 3 is 2.05 bits per heavy atom. The molecular weight excluding hydrogens is 540 g/mol. The second-order valence-electron chi connectivity index (χ2n) is 11.2. The fourth-order valence-electron chi connectivity index (χ4n) is 6.87. The first-order valence-electron chi connectivity index (χ1n) is 14.8. The molecule has 0 spiro atoms. The van der Waals surface area contributed by atoms with Gasteiger partial charge in [-0.2, -0.15) is 0 Å². The molecule has 9 rings (SSSR count). The molecule has 0 saturated heterocycles. The van der Waals surface area contributed by atoms with E-state index >= 15 is 0 Å². The number of hydrogen-bond acceptors (Lipinski definition) is 5. The molecule has 1 aliphatic carbocycles. The molecule has 0 amide bonds. The van der Waals surface area contributed by atoms with Crippen molar-refractivity contribution in [3.05, 3.63) is 152 Å². The fraction of sp³-hybridized carbons (Fsp3) is 0.0526. The Balaban J connectivity index is 1.34. The number of anilines is 2. The predicted molar refractivity (Wildman–Crippen MR) is 176 cm³/mol. The van der Waals surface area contributed by atoms with E-state index in [-0.39, 0.29) is 12.0 Å². The van der Waals surface area contributed by atoms with Crippen LogP contribution in [0.4, 0.5) is 11.5 Å². The lowest BCUT2D eigenvalue weighted by molar-refractivity contribution is 0.744. The van der Waals surface area contributed by atoms with Gasteiger partial charge in [0.2, 0.25) is 0 Å². The summed E-state index contributed by atoms with van der Waals surface area (Å²) in [6, 6.07) is 29.7. The van der Waals surface area contributed by atoms with Gasteiger partial charge in [-0.25, -0.2) is 4.98 Å². The van der Waals surface area contributed by atoms with E-state index < -0.39 is 0 Å². The Kier molecular flexibility index (Phi) is 5.53. The van der Waals surface area contributed by atoms with Gasteiger partial charge in [0.15, 0.2) is 0 Å². The Hall–Kier alpha value is -5.88. The number of para-hydroxylation sites is 1. The van der Waals surface area contributed by atoms with Crippen LogP contribution in [0.5, 0.6) is 0 Å². The smallest absolute Gasteiger partial charge is 0.139 e. The van der Waals surface area contributed by atoms with Crippen molar-refractivity contribution < 1.29 is 0 Å². The van der Waals surface area contributed by atoms with Gasteiger partial charge in [-0.1, -0.05) is 54.6 Å². The number of pyridine rings is 4. The number of benzene rings is 2. The molecule has 0 saturated carbocycles. The summed E-state index contributed by atoms with van der Waals surface area (Å²) in [6.45, 7) is 0. The van der Waals surface area contributed by atoms with Crippen molar-refractivity contribution in [1.82, 2.24) is 24.5 Å². The molecule has 208 valence electrons. The van der Waals surface area contributed by atoms with Crippen molar-refractivity contribution in [1.29, 1.82) is 0 Å². The third kappa shape index (κ3) is 3.74. The van der Waals surface area contributed by atoms with Crippen LogP contribution in [-0.2, 0) is 0 Å². The standard InChI is InChI=1S/C38H26N6/c1-2-11-29(12-3-1)43-34-15-8-18-41-36(34)32-24-42-38-35(37(32)43)31-13-4-5-14-33(31)44(38)30-20-27(25-9-6-16-39-22-25)19-28(21-30)26-10-7-17-40-23-26/h1-24,31,33H. The lowest BCUT2D eigenvalue weighted by Gasteiger charge is -2.28. The highest BCUT2D eigenvalue weighted by Gasteiger charge is 2.41. The zero-order valence-electron chi connectivity index (χ0n) is 23.7. The molecule has 6 heterocycles. The molecule has 1 aliphatic heterocycles. The molecule has 0 bridgehead atoms. The van der Waals surface area contributed by atoms with Crippen LogP contribution >= 0.6 is 0 Å². The minimum absolute atomic E-state index is 0.0641. The number of nitrogens with zero attached hydrogens (tertiary/aromatic N) is 6. The molecule has 2 unspecified atom stereocenters. The number of hydrogen-bond donors (Lipinski definition) is 0. The number of rotatable bonds is 4. The zero-order valence-corrected chi connectivity index (χ0v) is 23.7. The van der Waals surface area contributed by atoms with Gasteiger partial charge in [0.1, 0.15) is 5.82 Å². The first-order chi connectivity index (χ1) is 21.8. The summed E-state index contributed by atoms with van der Waals surface area (Å²) >= 11 is 0. The summed E-state index contributed by atoms with van der Waals surface area (Å²) in [7, 11) is 0. The SMILES string of the molecule is C1=CC2c3c(ncc4c5ncccc5n(-c5ccccc5)c34)N(c3cc(-c4cccnc4)cc(-c4cccnc4)c3)C2C=C1. The zero-order chi connectivity index (χ0) is 29.0. The summed E-state index contributed by atoms with van der Waals surface area (Å²) < 4.78 is 2.36. The van der Waals surface area contributed by atoms with Gasteiger partial charge < -0.3 is 9.47 Å². The van der Waals surface area contributed by atoms with E-state index in [9.17, 15) is 0 Å². The van der Waals surface area contributed by atoms with Crippen LogP contribution in [0.15, 0.2) is 146 Å². The van der Waals surface area contributed by atoms with Gasteiger partial charge >= 0.3 is 0 Å². The van der Waals surface area contributed by atoms with E-state index in [1.165, 1.54) is 5.56 Å². The highest BCUT2D eigenvalue weighted by molar-refractivity contribution is 6.10. The quantitative estimate of drug-likeness (QED) is 0.214. The first kappa shape index (κ1) is 24.7. The predicted octanol–water partition coefficient (Wildman–Crippen LogP) is 8.43. The lowest BCUT2D eigenvalue weighted by atomic mass is 9.90. The summed E-state index contributed by atoms with van der Waals surface area (Å²) in [4.78, 5) is 21.3. The molecule has 5 aromatic heterocycles. The maximum atomic E-state index is 5.21. The molecule has 6 nitrogen and oxygen atoms in total. The van der Waals surface area contributed by atoms with Gasteiger partial charge in [0.25, 0.3) is 0 Å². The Morgan fingerprint density at radius 1 is 0.591 bits per heavy atom. The molecular formula is C38H26N6. The van der Waals surface area contributed by atoms with E-state index in [0.29, 0.717) is 0 Å². The molecule has 2 atom stereocenters. The van der Waals surface area contributed by atoms with Crippen molar-refractivity contribution in [2.24, 2.45) is 0 Å². The fourth-order valence-corrected chi connectivity index (χ4v) is 6.87. The number of fused-ring (bicyclic) bond motifs is 7. The lowest BCUT2D eigenvalue weighted by Crippen LogP contribution is -2.29. The van der Waals surface area contributed by atoms with Crippen molar-refractivity contribution in [2.45, 2.75) is 12.0 Å². The molecule has 6 heteroatoms. The van der Waals surface area contributed by atoms with E-state index in [4.69, 9.17) is 9.97 Å². The molecule has 2 aromatic carbocycles. The number of allylic oxidation sites excluding steroid dienone is 2. The van der Waals surface area contributed by atoms with E-state index in [0.717, 1.165) is 61.4 Å². The Labute approximate surface area is 254 Å². The highest BCUT2D eigenvalue weighted by atomic mass is 15.3. The topological polar surface area (TPSA) is 59.7 Å². The van der Waals surface area contributed by atoms with Crippen LogP contribution in [0, 0.1) is 0 Å². The van der Waals surface area contributed by atoms with Gasteiger partial charge in [-0.15, -0.1) is 0 Å². The van der Waals surface area contributed by atoms with Gasteiger partial charge in [-0.3, -0.25) is 15.0 Å². The van der Waals surface area contributed by atoms with Gasteiger partial charge in [0, 0.05) is 76.6 Å². The van der Waals surface area contributed by atoms with E-state index in [1.807, 2.05) is 55.4 Å². The van der Waals surface area contributed by atoms with Crippen LogP contribution in [0.1, 0.15) is 11.5 Å². The van der Waals surface area contributed by atoms with Gasteiger partial charge in [-0.05, 0) is 65.7 Å². The minimum atomic E-state index is 0.0641. The summed E-state index contributed by atoms with van der Waals surface area (Å²) in [5.41, 5.74) is 10.9. The van der Waals surface area contributed by atoms with Crippen molar-refractivity contribution in [3.8, 4) is 27.9 Å². The molecule has 0 N–H and O–H groups in total. The minimum Gasteiger partial charge on any atom is -0.318 e. The van der Waals surface area contributed by atoms with Crippen LogP contribution < -0.4 is 4.90 Å². The monoisotopic (exact) mass is 566 g/mol. The normalized spacial score (nSPS) is 16.9. The summed E-state index contributed by atoms with van der Waals surface area (Å²) in [5.74, 6) is 1.08. The second-order valence-corrected chi connectivity index (χ2v) is 11.2. The van der Waals surface area contributed by atoms with Crippen molar-refractivity contribution in [2.75, 3.05) is 4.90 Å². The maximum Gasteiger partial charge on any atom is 0.139 e. The molecule has 2 aliphatic rings. The second kappa shape index (κ2) is 9.85. The van der Waals surface area contributed by atoms with Crippen molar-refractivity contribution in [3.63, 3.8) is 0 Å². The number of aromatic nitrogens is 5. The average Bonchev–Trinajstić information content (AvgIpc) is 3.62. The van der Waals surface area contributed by atoms with Crippen LogP contribution in [0.3, 0.4) is 0 Å². The van der Waals surface area contributed by atoms with Crippen molar-refractivity contribution >= 4 is 33.4 Å². The van der Waals surface area contributed by atoms with E-state index in [2.05, 4.69) is 110 Å². The third-order valence-electron chi connectivity index (χ3n) is 8.74. The maximum absolute atomic E-state index is 5.21. The Morgan fingerprint density at radius 2 is 1.32 bits per heavy atom. The molecule has 44 heavy (non-hydrogen) atoms. The van der Waals surface area contributed by atoms with Crippen LogP contribution in [0.25, 0.3) is 49.9 Å². The van der Waals surface area contributed by atoms with Gasteiger partial charge in [0.05, 0.1) is 22.6 Å². The summed E-state index contributed by atoms with van der Waals surface area (Å²) in [5, 5.41) is 1.06. The molecule has 0 fully saturated rings. The first-order valence-corrected chi connectivity index (χ1v) is 14.8. The Bertz CT molecular complexity index is 2180. The third-order valence-corrected chi connectivity index (χ3v) is 8.74. The van der Waals surface area contributed by atoms with E-state index in [1.54, 1.807) is 0 Å². The highest BCUT2D eigenvalue weighted by Crippen LogP contribution is 2.51. The molecule has 0 radical (unpaired) electrons. The van der Waals surface area contributed by atoms with Crippen LogP contribution in [0.2, 0.25) is 0 Å². The summed E-state index contributed by atoms with van der Waals surface area (Å²) in [6.07, 6.45) is 20.3. The molecule has 7 aromatic rings. The largest absolute Gasteiger partial charge is 0.318 e. The average molecular weight is 567 g/mol.